The van der Waals surface area contributed by atoms with Crippen LogP contribution in [0.3, 0.4) is 0 Å². The minimum atomic E-state index is 1.21. The zero-order valence-corrected chi connectivity index (χ0v) is 70.6. The topological polar surface area (TPSA) is 4.93 Å². The standard InChI is InChI=1S/C21H16.C19H15N.2C19H16.C13H12.2C11H10.C7H8/c1-15-17-11-5-7-13-19(17)21(16-9-3-2-4-10-16)20-14-8-6-12-18(15)20;1-14-11-12-17-16-9-5-6-10-18(16)20(19(17)13-14)15-7-3-2-4-8-15;1-15-10-12-17(13-11-15)19-9-5-8-18(14-19)16-6-3-2-4-7-16;1-15-7-9-17(10-8-15)19-13-11-18(12-14-19)16-5-3-2-4-6-16;1-11-7-9-13(10-8-11)12-5-3-2-4-6-12;1-9-5-4-7-10-6-2-3-8-11(9)10;1-9-6-7-10-4-2-3-5-11(10)8-9;1-7-5-3-2-4-6-7/h2-14H,1H3;2-13H,1H3;2*2-14H,1H3;2-10H,1H3;2*2-8H,1H3;2-6H,1H3. The van der Waals surface area contributed by atoms with E-state index in [0.717, 1.165) is 0 Å². The van der Waals surface area contributed by atoms with E-state index in [0.29, 0.717) is 0 Å². The minimum Gasteiger partial charge on any atom is -0.309 e. The largest absolute Gasteiger partial charge is 0.309 e. The highest BCUT2D eigenvalue weighted by molar-refractivity contribution is 6.15. The number of aryl methyl sites for hydroxylation is 8. The molecule has 0 saturated heterocycles. The third-order valence-electron chi connectivity index (χ3n) is 21.9. The lowest BCUT2D eigenvalue weighted by Gasteiger charge is -2.15. The van der Waals surface area contributed by atoms with Crippen molar-refractivity contribution >= 4 is 64.9 Å². The zero-order chi connectivity index (χ0) is 83.5. The van der Waals surface area contributed by atoms with Gasteiger partial charge in [-0.1, -0.05) is 477 Å². The van der Waals surface area contributed by atoms with Gasteiger partial charge in [-0.05, 0) is 212 Å². The molecule has 21 rings (SSSR count). The summed E-state index contributed by atoms with van der Waals surface area (Å²) in [6.07, 6.45) is 0. The van der Waals surface area contributed by atoms with Crippen LogP contribution in [0.25, 0.3) is 137 Å². The molecule has 0 atom stereocenters. The fourth-order valence-electron chi connectivity index (χ4n) is 15.3. The Hall–Kier alpha value is -14.8. The maximum Gasteiger partial charge on any atom is 0.0543 e. The van der Waals surface area contributed by atoms with E-state index < -0.39 is 0 Å². The van der Waals surface area contributed by atoms with Crippen molar-refractivity contribution in [3.05, 3.63) is 524 Å². The molecule has 1 nitrogen and oxygen atoms in total. The molecular weight excluding hydrogens is 1460 g/mol. The van der Waals surface area contributed by atoms with Crippen LogP contribution in [-0.2, 0) is 0 Å². The van der Waals surface area contributed by atoms with Crippen molar-refractivity contribution in [2.24, 2.45) is 0 Å². The molecule has 0 amide bonds. The van der Waals surface area contributed by atoms with Crippen LogP contribution in [0.5, 0.6) is 0 Å². The molecule has 0 aliphatic carbocycles. The Balaban J connectivity index is 0.000000115. The normalized spacial score (nSPS) is 10.5. The summed E-state index contributed by atoms with van der Waals surface area (Å²) in [6.45, 7) is 17.0. The van der Waals surface area contributed by atoms with E-state index in [1.807, 2.05) is 36.4 Å². The second kappa shape index (κ2) is 41.4. The van der Waals surface area contributed by atoms with Crippen LogP contribution in [0.1, 0.15) is 44.5 Å². The first-order valence-corrected chi connectivity index (χ1v) is 41.8. The Kier molecular flexibility index (Phi) is 28.3. The van der Waals surface area contributed by atoms with E-state index in [2.05, 4.69) is 503 Å². The van der Waals surface area contributed by atoms with Gasteiger partial charge in [0.25, 0.3) is 0 Å². The van der Waals surface area contributed by atoms with Crippen LogP contribution in [0, 0.1) is 55.4 Å². The van der Waals surface area contributed by atoms with Gasteiger partial charge in [0.1, 0.15) is 0 Å². The summed E-state index contributed by atoms with van der Waals surface area (Å²) in [7, 11) is 0. The van der Waals surface area contributed by atoms with Crippen LogP contribution in [-0.4, -0.2) is 4.57 Å². The van der Waals surface area contributed by atoms with Crippen LogP contribution in [0.2, 0.25) is 0 Å². The highest BCUT2D eigenvalue weighted by Gasteiger charge is 2.14. The molecule has 21 aromatic rings. The van der Waals surface area contributed by atoms with E-state index >= 15 is 0 Å². The highest BCUT2D eigenvalue weighted by atomic mass is 15.0. The Morgan fingerprint density at radius 2 is 0.446 bits per heavy atom. The summed E-state index contributed by atoms with van der Waals surface area (Å²) >= 11 is 0. The first kappa shape index (κ1) is 82.8. The van der Waals surface area contributed by atoms with Crippen LogP contribution in [0.4, 0.5) is 0 Å². The summed E-state index contributed by atoms with van der Waals surface area (Å²) in [4.78, 5) is 0. The van der Waals surface area contributed by atoms with Gasteiger partial charge in [0.2, 0.25) is 0 Å². The van der Waals surface area contributed by atoms with Gasteiger partial charge >= 0.3 is 0 Å². The van der Waals surface area contributed by atoms with Gasteiger partial charge < -0.3 is 4.57 Å². The first-order chi connectivity index (χ1) is 59.3. The van der Waals surface area contributed by atoms with Gasteiger partial charge in [0.05, 0.1) is 11.0 Å². The molecule has 20 aromatic carbocycles. The van der Waals surface area contributed by atoms with Crippen molar-refractivity contribution in [2.75, 3.05) is 0 Å². The van der Waals surface area contributed by atoms with Gasteiger partial charge in [-0.2, -0.15) is 0 Å². The lowest BCUT2D eigenvalue weighted by Crippen LogP contribution is -1.92. The van der Waals surface area contributed by atoms with Crippen LogP contribution in [0.15, 0.2) is 479 Å². The van der Waals surface area contributed by atoms with Crippen molar-refractivity contribution < 1.29 is 0 Å². The molecule has 0 spiro atoms. The number of hydrogen-bond acceptors (Lipinski definition) is 0. The number of hydrogen-bond donors (Lipinski definition) is 0. The van der Waals surface area contributed by atoms with Crippen LogP contribution < -0.4 is 0 Å². The molecule has 0 fully saturated rings. The summed E-state index contributed by atoms with van der Waals surface area (Å²) in [5.74, 6) is 0. The summed E-state index contributed by atoms with van der Waals surface area (Å²) in [5, 5.41) is 13.3. The summed E-state index contributed by atoms with van der Waals surface area (Å²) in [6, 6.07) is 169. The molecule has 588 valence electrons. The molecular formula is C120H103N. The SMILES string of the molecule is Cc1c2ccccc2c(-c2ccccc2)c2ccccc12.Cc1ccc(-c2ccc(-c3ccccc3)cc2)cc1.Cc1ccc(-c2cccc(-c3ccccc3)c2)cc1.Cc1ccc(-c2ccccc2)cc1.Cc1ccc2c3ccccc3n(-c3ccccc3)c2c1.Cc1ccc2ccccc2c1.Cc1cccc2ccccc12.Cc1ccccc1. The Labute approximate surface area is 716 Å². The number of rotatable bonds is 7. The van der Waals surface area contributed by atoms with Gasteiger partial charge in [-0.25, -0.2) is 0 Å². The van der Waals surface area contributed by atoms with E-state index in [4.69, 9.17) is 0 Å². The molecule has 0 unspecified atom stereocenters. The smallest absolute Gasteiger partial charge is 0.0543 e. The zero-order valence-electron chi connectivity index (χ0n) is 70.6. The second-order valence-corrected chi connectivity index (χ2v) is 30.8. The summed E-state index contributed by atoms with van der Waals surface area (Å²) < 4.78 is 2.34. The predicted octanol–water partition coefficient (Wildman–Crippen LogP) is 33.7. The molecule has 0 bridgehead atoms. The predicted molar refractivity (Wildman–Crippen MR) is 526 cm³/mol. The maximum atomic E-state index is 2.34. The molecule has 0 saturated carbocycles. The molecule has 1 aromatic heterocycles. The number of nitrogens with zero attached hydrogens (tertiary/aromatic N) is 1. The Morgan fingerprint density at radius 3 is 0.909 bits per heavy atom. The Morgan fingerprint density at radius 1 is 0.149 bits per heavy atom. The molecule has 1 heterocycles. The average molecular weight is 1560 g/mol. The quantitative estimate of drug-likeness (QED) is 0.140. The molecule has 0 aliphatic rings. The van der Waals surface area contributed by atoms with Crippen LogP contribution >= 0.6 is 0 Å². The van der Waals surface area contributed by atoms with Crippen molar-refractivity contribution in [2.45, 2.75) is 55.4 Å². The number of benzene rings is 20. The van der Waals surface area contributed by atoms with Gasteiger partial charge in [-0.15, -0.1) is 0 Å². The lowest BCUT2D eigenvalue weighted by molar-refractivity contribution is 1.18. The Bertz CT molecular complexity index is 6750. The highest BCUT2D eigenvalue weighted by Crippen LogP contribution is 2.40. The molecule has 1 heteroatoms. The van der Waals surface area contributed by atoms with E-state index in [-0.39, 0.29) is 0 Å². The molecule has 0 radical (unpaired) electrons. The number of fused-ring (bicyclic) bond motifs is 7. The van der Waals surface area contributed by atoms with Crippen molar-refractivity contribution in [3.63, 3.8) is 0 Å². The van der Waals surface area contributed by atoms with Gasteiger partial charge in [0.15, 0.2) is 0 Å². The van der Waals surface area contributed by atoms with Crippen molar-refractivity contribution in [1.29, 1.82) is 0 Å². The minimum absolute atomic E-state index is 1.21. The average Bonchev–Trinajstić information content (AvgIpc) is 1.66. The van der Waals surface area contributed by atoms with Crippen molar-refractivity contribution in [3.8, 4) is 72.4 Å². The number of para-hydroxylation sites is 2. The third kappa shape index (κ3) is 21.9. The third-order valence-corrected chi connectivity index (χ3v) is 21.9. The number of aromatic nitrogens is 1. The first-order valence-electron chi connectivity index (χ1n) is 41.8. The monoisotopic (exact) mass is 1560 g/mol. The van der Waals surface area contributed by atoms with E-state index in [9.17, 15) is 0 Å². The fraction of sp³-hybridized carbons (Fsp3) is 0.0667. The lowest BCUT2D eigenvalue weighted by atomic mass is 9.89. The molecule has 0 aliphatic heterocycles. The molecule has 0 N–H and O–H groups in total. The fourth-order valence-corrected chi connectivity index (χ4v) is 15.3. The molecule has 121 heavy (non-hydrogen) atoms. The second-order valence-electron chi connectivity index (χ2n) is 30.8. The van der Waals surface area contributed by atoms with Gasteiger partial charge in [-0.3, -0.25) is 0 Å². The van der Waals surface area contributed by atoms with E-state index in [1.54, 1.807) is 0 Å². The van der Waals surface area contributed by atoms with E-state index in [1.165, 1.54) is 182 Å². The summed E-state index contributed by atoms with van der Waals surface area (Å²) in [5.41, 5.74) is 29.6. The maximum absolute atomic E-state index is 2.34. The van der Waals surface area contributed by atoms with Crippen molar-refractivity contribution in [1.82, 2.24) is 4.57 Å². The van der Waals surface area contributed by atoms with Gasteiger partial charge in [0, 0.05) is 16.5 Å².